The molecule has 20 heavy (non-hydrogen) atoms. The minimum absolute atomic E-state index is 0.323. The first kappa shape index (κ1) is 12.3. The van der Waals surface area contributed by atoms with Gasteiger partial charge in [0.1, 0.15) is 12.1 Å². The van der Waals surface area contributed by atoms with Crippen LogP contribution in [-0.4, -0.2) is 21.1 Å². The van der Waals surface area contributed by atoms with Crippen LogP contribution in [0.2, 0.25) is 0 Å². The fourth-order valence-corrected chi connectivity index (χ4v) is 2.23. The molecule has 0 aliphatic carbocycles. The van der Waals surface area contributed by atoms with E-state index in [0.717, 1.165) is 22.5 Å². The van der Waals surface area contributed by atoms with Crippen LogP contribution >= 0.6 is 0 Å². The van der Waals surface area contributed by atoms with Crippen molar-refractivity contribution in [2.45, 2.75) is 6.92 Å². The molecule has 3 rings (SSSR count). The second-order valence-electron chi connectivity index (χ2n) is 4.56. The van der Waals surface area contributed by atoms with E-state index in [9.17, 15) is 4.79 Å². The molecule has 0 atom stereocenters. The largest absolute Gasteiger partial charge is 0.453 e. The average Bonchev–Trinajstić information content (AvgIpc) is 3.08. The summed E-state index contributed by atoms with van der Waals surface area (Å²) in [5.74, 6) is 1.79. The van der Waals surface area contributed by atoms with Crippen LogP contribution in [0.1, 0.15) is 16.1 Å². The molecule has 0 amide bonds. The number of hydrogen-bond acceptors (Lipinski definition) is 4. The smallest absolute Gasteiger partial charge is 0.185 e. The van der Waals surface area contributed by atoms with Gasteiger partial charge in [0, 0.05) is 18.2 Å². The van der Waals surface area contributed by atoms with E-state index >= 15 is 0 Å². The maximum Gasteiger partial charge on any atom is 0.185 e. The fourth-order valence-electron chi connectivity index (χ4n) is 2.23. The van der Waals surface area contributed by atoms with Crippen molar-refractivity contribution in [3.05, 3.63) is 48.0 Å². The van der Waals surface area contributed by atoms with Crippen molar-refractivity contribution >= 4 is 6.29 Å². The Bertz CT molecular complexity index is 771. The zero-order valence-electron chi connectivity index (χ0n) is 11.2. The number of aldehydes is 1. The molecule has 2 aromatic heterocycles. The summed E-state index contributed by atoms with van der Waals surface area (Å²) in [5, 5.41) is 8.03. The number of carbonyl (C=O) groups is 1. The molecule has 5 heteroatoms. The summed E-state index contributed by atoms with van der Waals surface area (Å²) in [6.45, 7) is 2.00. The highest BCUT2D eigenvalue weighted by atomic mass is 16.3. The minimum Gasteiger partial charge on any atom is -0.453 e. The topological polar surface area (TPSA) is 60.9 Å². The normalized spacial score (nSPS) is 10.7. The van der Waals surface area contributed by atoms with Crippen LogP contribution < -0.4 is 0 Å². The summed E-state index contributed by atoms with van der Waals surface area (Å²) in [7, 11) is 1.90. The molecule has 5 nitrogen and oxygen atoms in total. The third-order valence-electron chi connectivity index (χ3n) is 3.29. The molecule has 2 heterocycles. The number of furan rings is 1. The van der Waals surface area contributed by atoms with Crippen molar-refractivity contribution in [3.8, 4) is 22.7 Å². The van der Waals surface area contributed by atoms with Gasteiger partial charge in [-0.1, -0.05) is 18.2 Å². The Morgan fingerprint density at radius 1 is 1.20 bits per heavy atom. The summed E-state index contributed by atoms with van der Waals surface area (Å²) in [6.07, 6.45) is 2.37. The number of hydrogen-bond donors (Lipinski definition) is 0. The summed E-state index contributed by atoms with van der Waals surface area (Å²) < 4.78 is 7.36. The molecule has 3 aromatic rings. The Balaban J connectivity index is 2.14. The molecule has 0 aliphatic rings. The lowest BCUT2D eigenvalue weighted by Gasteiger charge is -2.09. The van der Waals surface area contributed by atoms with Crippen molar-refractivity contribution in [3.63, 3.8) is 0 Å². The molecule has 0 N–H and O–H groups in total. The number of nitrogens with zero attached hydrogens (tertiary/aromatic N) is 3. The van der Waals surface area contributed by atoms with Gasteiger partial charge in [-0.15, -0.1) is 10.2 Å². The van der Waals surface area contributed by atoms with Crippen LogP contribution in [0, 0.1) is 6.92 Å². The van der Waals surface area contributed by atoms with Gasteiger partial charge in [0.15, 0.2) is 17.9 Å². The first-order valence-electron chi connectivity index (χ1n) is 6.20. The zero-order valence-corrected chi connectivity index (χ0v) is 11.2. The van der Waals surface area contributed by atoms with Crippen molar-refractivity contribution in [2.24, 2.45) is 7.05 Å². The molecule has 0 saturated carbocycles. The molecule has 0 aliphatic heterocycles. The lowest BCUT2D eigenvalue weighted by atomic mass is 10.00. The second kappa shape index (κ2) is 4.77. The number of rotatable bonds is 3. The average molecular weight is 267 g/mol. The molecule has 0 spiro atoms. The second-order valence-corrected chi connectivity index (χ2v) is 4.56. The van der Waals surface area contributed by atoms with Crippen LogP contribution in [0.25, 0.3) is 22.7 Å². The maximum absolute atomic E-state index is 10.7. The van der Waals surface area contributed by atoms with Gasteiger partial charge < -0.3 is 8.98 Å². The first-order valence-corrected chi connectivity index (χ1v) is 6.20. The highest BCUT2D eigenvalue weighted by Gasteiger charge is 2.13. The van der Waals surface area contributed by atoms with Gasteiger partial charge in [-0.25, -0.2) is 0 Å². The summed E-state index contributed by atoms with van der Waals surface area (Å²) >= 11 is 0. The van der Waals surface area contributed by atoms with Crippen LogP contribution in [0.5, 0.6) is 0 Å². The number of aromatic nitrogens is 3. The van der Waals surface area contributed by atoms with Gasteiger partial charge in [-0.05, 0) is 24.6 Å². The van der Waals surface area contributed by atoms with Crippen LogP contribution in [0.3, 0.4) is 0 Å². The minimum atomic E-state index is 0.323. The molecular weight excluding hydrogens is 254 g/mol. The lowest BCUT2D eigenvalue weighted by Crippen LogP contribution is -1.95. The van der Waals surface area contributed by atoms with E-state index in [1.54, 1.807) is 18.5 Å². The quantitative estimate of drug-likeness (QED) is 0.684. The SMILES string of the molecule is Cc1c(-c2ccc(C=O)o2)cccc1-c1nncn1C. The standard InChI is InChI=1S/C15H13N3O2/c1-10-12(14-7-6-11(8-19)20-14)4-3-5-13(10)15-17-16-9-18(15)2/h3-9H,1-2H3. The van der Waals surface area contributed by atoms with Crippen molar-refractivity contribution in [2.75, 3.05) is 0 Å². The summed E-state index contributed by atoms with van der Waals surface area (Å²) in [6, 6.07) is 9.35. The van der Waals surface area contributed by atoms with Gasteiger partial charge in [0.25, 0.3) is 0 Å². The highest BCUT2D eigenvalue weighted by molar-refractivity contribution is 5.76. The Labute approximate surface area is 115 Å². The van der Waals surface area contributed by atoms with E-state index in [1.165, 1.54) is 0 Å². The summed E-state index contributed by atoms with van der Waals surface area (Å²) in [5.41, 5.74) is 2.97. The summed E-state index contributed by atoms with van der Waals surface area (Å²) in [4.78, 5) is 10.7. The van der Waals surface area contributed by atoms with E-state index in [-0.39, 0.29) is 0 Å². The fraction of sp³-hybridized carbons (Fsp3) is 0.133. The monoisotopic (exact) mass is 267 g/mol. The molecule has 100 valence electrons. The first-order chi connectivity index (χ1) is 9.70. The van der Waals surface area contributed by atoms with E-state index in [4.69, 9.17) is 4.42 Å². The predicted octanol–water partition coefficient (Wildman–Crippen LogP) is 2.86. The van der Waals surface area contributed by atoms with Gasteiger partial charge in [-0.2, -0.15) is 0 Å². The number of aryl methyl sites for hydroxylation is 1. The predicted molar refractivity (Wildman–Crippen MR) is 74.3 cm³/mol. The Morgan fingerprint density at radius 3 is 2.65 bits per heavy atom. The van der Waals surface area contributed by atoms with Gasteiger partial charge in [0.2, 0.25) is 0 Å². The molecule has 0 fully saturated rings. The maximum atomic E-state index is 10.7. The van der Waals surface area contributed by atoms with E-state index in [2.05, 4.69) is 10.2 Å². The van der Waals surface area contributed by atoms with Gasteiger partial charge >= 0.3 is 0 Å². The highest BCUT2D eigenvalue weighted by Crippen LogP contribution is 2.31. The Hall–Kier alpha value is -2.69. The van der Waals surface area contributed by atoms with Crippen LogP contribution in [0.15, 0.2) is 41.1 Å². The van der Waals surface area contributed by atoms with Gasteiger partial charge in [0.05, 0.1) is 0 Å². The zero-order chi connectivity index (χ0) is 14.1. The van der Waals surface area contributed by atoms with E-state index in [0.29, 0.717) is 17.8 Å². The molecule has 0 radical (unpaired) electrons. The van der Waals surface area contributed by atoms with Crippen LogP contribution in [0.4, 0.5) is 0 Å². The molecule has 0 unspecified atom stereocenters. The van der Waals surface area contributed by atoms with Crippen LogP contribution in [-0.2, 0) is 7.05 Å². The van der Waals surface area contributed by atoms with Crippen molar-refractivity contribution in [1.29, 1.82) is 0 Å². The molecule has 1 aromatic carbocycles. The van der Waals surface area contributed by atoms with Crippen molar-refractivity contribution < 1.29 is 9.21 Å². The molecular formula is C15H13N3O2. The van der Waals surface area contributed by atoms with E-state index < -0.39 is 0 Å². The molecule has 0 bridgehead atoms. The third kappa shape index (κ3) is 1.93. The van der Waals surface area contributed by atoms with Crippen molar-refractivity contribution in [1.82, 2.24) is 14.8 Å². The lowest BCUT2D eigenvalue weighted by molar-refractivity contribution is 0.110. The van der Waals surface area contributed by atoms with E-state index in [1.807, 2.05) is 36.7 Å². The number of benzene rings is 1. The third-order valence-corrected chi connectivity index (χ3v) is 3.29. The van der Waals surface area contributed by atoms with Gasteiger partial charge in [-0.3, -0.25) is 4.79 Å². The number of carbonyl (C=O) groups excluding carboxylic acids is 1. The molecule has 0 saturated heterocycles. The Kier molecular flexibility index (Phi) is 2.95. The Morgan fingerprint density at radius 2 is 2.00 bits per heavy atom.